The summed E-state index contributed by atoms with van der Waals surface area (Å²) in [6, 6.07) is 11.3. The van der Waals surface area contributed by atoms with Crippen LogP contribution in [0.4, 0.5) is 8.78 Å². The Morgan fingerprint density at radius 2 is 1.79 bits per heavy atom. The fourth-order valence-electron chi connectivity index (χ4n) is 4.12. The molecule has 1 unspecified atom stereocenters. The average Bonchev–Trinajstić information content (AvgIpc) is 3.78. The van der Waals surface area contributed by atoms with Crippen LogP contribution in [0.2, 0.25) is 10.0 Å². The van der Waals surface area contributed by atoms with Crippen LogP contribution < -0.4 is 14.2 Å². The number of hydrogen-bond acceptors (Lipinski definition) is 8. The van der Waals surface area contributed by atoms with Gasteiger partial charge in [0.2, 0.25) is 10.9 Å². The molecule has 0 spiro atoms. The fourth-order valence-corrected chi connectivity index (χ4v) is 5.64. The van der Waals surface area contributed by atoms with E-state index in [0.29, 0.717) is 21.8 Å². The number of benzene rings is 2. The number of esters is 1. The third-order valence-corrected chi connectivity index (χ3v) is 8.65. The summed E-state index contributed by atoms with van der Waals surface area (Å²) in [4.78, 5) is 14.2. The summed E-state index contributed by atoms with van der Waals surface area (Å²) in [5.74, 6) is -0.768. The van der Waals surface area contributed by atoms with Crippen LogP contribution in [0, 0.1) is 11.1 Å². The maximum Gasteiger partial charge on any atom is 0.387 e. The average molecular weight is 678 g/mol. The van der Waals surface area contributed by atoms with Gasteiger partial charge in [-0.2, -0.15) is 17.8 Å². The maximum atomic E-state index is 13.2. The van der Waals surface area contributed by atoms with Crippen LogP contribution in [-0.4, -0.2) is 44.7 Å². The zero-order valence-electron chi connectivity index (χ0n) is 22.8. The molecule has 1 aliphatic rings. The highest BCUT2D eigenvalue weighted by Gasteiger charge is 2.27. The van der Waals surface area contributed by atoms with E-state index in [2.05, 4.69) is 4.74 Å². The number of carbonyl (C=O) groups excluding carboxylic acids is 1. The minimum atomic E-state index is -3.16. The van der Waals surface area contributed by atoms with Crippen LogP contribution in [0.25, 0.3) is 0 Å². The lowest BCUT2D eigenvalue weighted by Gasteiger charge is -2.23. The van der Waals surface area contributed by atoms with Crippen molar-refractivity contribution in [2.75, 3.05) is 19.4 Å². The number of thioether (sulfide) groups is 1. The number of ether oxygens (including phenoxy) is 3. The van der Waals surface area contributed by atoms with Crippen LogP contribution in [0.5, 0.6) is 11.5 Å². The monoisotopic (exact) mass is 676 g/mol. The number of halogens is 4. The van der Waals surface area contributed by atoms with Crippen LogP contribution in [0.3, 0.4) is 0 Å². The van der Waals surface area contributed by atoms with Gasteiger partial charge in [-0.3, -0.25) is 4.79 Å². The lowest BCUT2D eigenvalue weighted by Crippen LogP contribution is -2.31. The maximum absolute atomic E-state index is 13.2. The molecule has 1 heterocycles. The van der Waals surface area contributed by atoms with Gasteiger partial charge in [-0.1, -0.05) is 41.4 Å². The smallest absolute Gasteiger partial charge is 0.387 e. The van der Waals surface area contributed by atoms with Gasteiger partial charge in [0.15, 0.2) is 23.9 Å². The molecule has 0 N–H and O–H groups in total. The normalized spacial score (nSPS) is 13.9. The van der Waals surface area contributed by atoms with Gasteiger partial charge >= 0.3 is 12.6 Å². The molecule has 43 heavy (non-hydrogen) atoms. The number of aromatic nitrogens is 1. The summed E-state index contributed by atoms with van der Waals surface area (Å²) in [5, 5.41) is 11.8. The quantitative estimate of drug-likeness (QED) is 0.0729. The highest BCUT2D eigenvalue weighted by atomic mass is 35.5. The first kappa shape index (κ1) is 33.1. The second-order valence-electron chi connectivity index (χ2n) is 9.72. The van der Waals surface area contributed by atoms with Crippen molar-refractivity contribution in [3.05, 3.63) is 86.8 Å². The number of carbonyl (C=O) groups is 1. The molecule has 0 amide bonds. The molecule has 15 heteroatoms. The van der Waals surface area contributed by atoms with Crippen molar-refractivity contribution in [2.45, 2.75) is 43.4 Å². The lowest BCUT2D eigenvalue weighted by molar-refractivity contribution is -0.605. The molecule has 2 aromatic carbocycles. The van der Waals surface area contributed by atoms with Gasteiger partial charge in [-0.05, 0) is 60.4 Å². The van der Waals surface area contributed by atoms with E-state index in [1.165, 1.54) is 30.0 Å². The Bertz CT molecular complexity index is 1480. The summed E-state index contributed by atoms with van der Waals surface area (Å²) in [6.45, 7) is -3.48. The van der Waals surface area contributed by atoms with E-state index in [1.807, 2.05) is 18.4 Å². The number of thiol groups is 1. The molecule has 0 aliphatic heterocycles. The standard InChI is InChI=1S/C28H28Cl2F2N2O7S2/c1-42-20-7-4-17(5-8-20)12-34(43(37)38)15-27(35)40-25(11-21-22(29)13-33(36)14-23(21)30)19-6-9-24(41-28(31)32)26(10-19)39-16-18-2-3-18/h4-10,13-14,18,25,28,43H,2-3,11-12,15-16H2,1H3. The molecule has 1 fully saturated rings. The topological polar surface area (TPSA) is 109 Å². The summed E-state index contributed by atoms with van der Waals surface area (Å²) >= 11 is 14.1. The van der Waals surface area contributed by atoms with E-state index < -0.39 is 36.1 Å². The Morgan fingerprint density at radius 3 is 2.37 bits per heavy atom. The van der Waals surface area contributed by atoms with Gasteiger partial charge in [0.25, 0.3) is 0 Å². The molecule has 1 aliphatic carbocycles. The molecule has 9 nitrogen and oxygen atoms in total. The molecule has 0 bridgehead atoms. The third kappa shape index (κ3) is 9.83. The van der Waals surface area contributed by atoms with E-state index in [-0.39, 0.29) is 46.7 Å². The second kappa shape index (κ2) is 15.2. The number of nitrogens with zero attached hydrogens (tertiary/aromatic N) is 2. The summed E-state index contributed by atoms with van der Waals surface area (Å²) in [5.41, 5.74) is 1.27. The van der Waals surface area contributed by atoms with Gasteiger partial charge in [0.05, 0.1) is 6.61 Å². The molecule has 1 atom stereocenters. The first-order valence-corrected chi connectivity index (χ1v) is 16.1. The van der Waals surface area contributed by atoms with Crippen LogP contribution >= 0.6 is 35.0 Å². The Balaban J connectivity index is 1.61. The molecule has 232 valence electrons. The molecule has 4 rings (SSSR count). The summed E-state index contributed by atoms with van der Waals surface area (Å²) in [7, 11) is -3.16. The first-order chi connectivity index (χ1) is 20.5. The second-order valence-corrected chi connectivity index (χ2v) is 12.5. The molecule has 1 saturated carbocycles. The Kier molecular flexibility index (Phi) is 11.7. The van der Waals surface area contributed by atoms with Crippen molar-refractivity contribution in [3.8, 4) is 11.5 Å². The van der Waals surface area contributed by atoms with E-state index in [9.17, 15) is 27.2 Å². The van der Waals surface area contributed by atoms with Crippen molar-refractivity contribution < 1.29 is 40.9 Å². The van der Waals surface area contributed by atoms with E-state index in [1.54, 1.807) is 12.1 Å². The van der Waals surface area contributed by atoms with Gasteiger partial charge in [-0.25, -0.2) is 8.42 Å². The number of hydrogen-bond donors (Lipinski definition) is 1. The molecule has 0 radical (unpaired) electrons. The third-order valence-electron chi connectivity index (χ3n) is 6.51. The van der Waals surface area contributed by atoms with Crippen molar-refractivity contribution in [2.24, 2.45) is 5.92 Å². The van der Waals surface area contributed by atoms with Gasteiger partial charge in [0, 0.05) is 23.4 Å². The van der Waals surface area contributed by atoms with Crippen molar-refractivity contribution in [1.82, 2.24) is 4.31 Å². The Hall–Kier alpha value is -2.84. The fraction of sp³-hybridized carbons (Fsp3) is 0.357. The minimum absolute atomic E-state index is 0.00404. The van der Waals surface area contributed by atoms with Gasteiger partial charge in [0.1, 0.15) is 22.7 Å². The highest BCUT2D eigenvalue weighted by molar-refractivity contribution is 7.98. The van der Waals surface area contributed by atoms with E-state index in [0.717, 1.165) is 34.4 Å². The van der Waals surface area contributed by atoms with Gasteiger partial charge < -0.3 is 19.4 Å². The van der Waals surface area contributed by atoms with Crippen LogP contribution in [0.15, 0.2) is 59.8 Å². The first-order valence-electron chi connectivity index (χ1n) is 13.0. The lowest BCUT2D eigenvalue weighted by atomic mass is 10.0. The number of pyridine rings is 1. The predicted molar refractivity (Wildman–Crippen MR) is 158 cm³/mol. The van der Waals surface area contributed by atoms with E-state index >= 15 is 0 Å². The predicted octanol–water partition coefficient (Wildman–Crippen LogP) is 5.59. The summed E-state index contributed by atoms with van der Waals surface area (Å²) < 4.78 is 67.7. The zero-order chi connectivity index (χ0) is 31.1. The highest BCUT2D eigenvalue weighted by Crippen LogP contribution is 2.38. The van der Waals surface area contributed by atoms with Crippen molar-refractivity contribution in [1.29, 1.82) is 0 Å². The molecule has 1 aromatic heterocycles. The van der Waals surface area contributed by atoms with Crippen LogP contribution in [-0.2, 0) is 33.4 Å². The SMILES string of the molecule is CSc1ccc(CN(CC(=O)OC(Cc2c(Cl)c[n+]([O-])cc2Cl)c2ccc(OC(F)F)c(OCC3CC3)c2)[SH](=O)=O)cc1. The molecular weight excluding hydrogens is 649 g/mol. The zero-order valence-corrected chi connectivity index (χ0v) is 26.0. The number of rotatable bonds is 15. The Morgan fingerprint density at radius 1 is 1.12 bits per heavy atom. The van der Waals surface area contributed by atoms with E-state index in [4.69, 9.17) is 32.7 Å². The van der Waals surface area contributed by atoms with Gasteiger partial charge in [-0.15, -0.1) is 11.8 Å². The molecule has 3 aromatic rings. The molecule has 0 saturated heterocycles. The summed E-state index contributed by atoms with van der Waals surface area (Å²) in [6.07, 6.45) is 4.74. The minimum Gasteiger partial charge on any atom is -0.619 e. The van der Waals surface area contributed by atoms with Crippen molar-refractivity contribution in [3.63, 3.8) is 0 Å². The van der Waals surface area contributed by atoms with Crippen LogP contribution in [0.1, 0.15) is 35.6 Å². The molecular formula is C28H28Cl2F2N2O7S2. The largest absolute Gasteiger partial charge is 0.619 e. The number of alkyl halides is 2. The Labute approximate surface area is 263 Å². The van der Waals surface area contributed by atoms with Crippen molar-refractivity contribution >= 4 is 51.8 Å².